The Morgan fingerprint density at radius 1 is 1.40 bits per heavy atom. The molecule has 1 heterocycles. The van der Waals surface area contributed by atoms with Gasteiger partial charge in [0.1, 0.15) is 6.61 Å². The lowest BCUT2D eigenvalue weighted by Gasteiger charge is -2.28. The molecule has 5 heteroatoms. The van der Waals surface area contributed by atoms with Crippen molar-refractivity contribution in [1.29, 1.82) is 0 Å². The molecule has 5 nitrogen and oxygen atoms in total. The van der Waals surface area contributed by atoms with E-state index in [1.54, 1.807) is 4.90 Å². The van der Waals surface area contributed by atoms with Gasteiger partial charge in [0.2, 0.25) is 0 Å². The molecule has 1 fully saturated rings. The zero-order valence-corrected chi connectivity index (χ0v) is 11.9. The molecule has 0 saturated carbocycles. The van der Waals surface area contributed by atoms with E-state index in [1.807, 2.05) is 37.3 Å². The Morgan fingerprint density at radius 2 is 2.15 bits per heavy atom. The van der Waals surface area contributed by atoms with Gasteiger partial charge in [-0.25, -0.2) is 4.79 Å². The molecule has 0 radical (unpaired) electrons. The second kappa shape index (κ2) is 7.14. The summed E-state index contributed by atoms with van der Waals surface area (Å²) < 4.78 is 4.92. The van der Waals surface area contributed by atoms with Gasteiger partial charge < -0.3 is 19.6 Å². The fourth-order valence-corrected chi connectivity index (χ4v) is 2.22. The topological polar surface area (TPSA) is 53.0 Å². The molecule has 1 atom stereocenters. The van der Waals surface area contributed by atoms with Crippen molar-refractivity contribution in [1.82, 2.24) is 4.90 Å². The second-order valence-electron chi connectivity index (χ2n) is 4.95. The predicted octanol–water partition coefficient (Wildman–Crippen LogP) is 1.72. The highest BCUT2D eigenvalue weighted by Gasteiger charge is 2.22. The molecule has 20 heavy (non-hydrogen) atoms. The summed E-state index contributed by atoms with van der Waals surface area (Å²) in [5.41, 5.74) is 1.06. The van der Waals surface area contributed by atoms with Crippen LogP contribution in [0.5, 0.6) is 0 Å². The third-order valence-corrected chi connectivity index (χ3v) is 3.51. The Bertz CT molecular complexity index is 424. The lowest BCUT2D eigenvalue weighted by molar-refractivity contribution is 0.158. The van der Waals surface area contributed by atoms with Gasteiger partial charge in [0, 0.05) is 25.3 Å². The van der Waals surface area contributed by atoms with Gasteiger partial charge in [0.25, 0.3) is 0 Å². The number of carbonyl (C=O) groups is 1. The van der Waals surface area contributed by atoms with E-state index in [4.69, 9.17) is 4.74 Å². The van der Waals surface area contributed by atoms with Gasteiger partial charge in [0.05, 0.1) is 12.6 Å². The van der Waals surface area contributed by atoms with Crippen LogP contribution in [-0.4, -0.2) is 55.0 Å². The van der Waals surface area contributed by atoms with Crippen LogP contribution in [-0.2, 0) is 4.74 Å². The minimum Gasteiger partial charge on any atom is -0.448 e. The Kier molecular flexibility index (Phi) is 5.24. The van der Waals surface area contributed by atoms with Crippen molar-refractivity contribution < 1.29 is 14.6 Å². The summed E-state index contributed by atoms with van der Waals surface area (Å²) >= 11 is 0. The predicted molar refractivity (Wildman–Crippen MR) is 77.9 cm³/mol. The van der Waals surface area contributed by atoms with Crippen LogP contribution in [0, 0.1) is 0 Å². The fraction of sp³-hybridized carbons (Fsp3) is 0.533. The number of benzene rings is 1. The highest BCUT2D eigenvalue weighted by molar-refractivity contribution is 5.69. The van der Waals surface area contributed by atoms with Crippen molar-refractivity contribution in [2.75, 3.05) is 37.7 Å². The minimum absolute atomic E-state index is 0.242. The largest absolute Gasteiger partial charge is 0.448 e. The van der Waals surface area contributed by atoms with E-state index >= 15 is 0 Å². The number of anilines is 1. The van der Waals surface area contributed by atoms with Gasteiger partial charge in [0.15, 0.2) is 0 Å². The van der Waals surface area contributed by atoms with Gasteiger partial charge in [-0.15, -0.1) is 0 Å². The molecule has 0 unspecified atom stereocenters. The summed E-state index contributed by atoms with van der Waals surface area (Å²) in [7, 11) is 0. The molecule has 110 valence electrons. The number of carbonyl (C=O) groups excluding carboxylic acids is 1. The monoisotopic (exact) mass is 278 g/mol. The number of aliphatic hydroxyl groups excluding tert-OH is 1. The van der Waals surface area contributed by atoms with Gasteiger partial charge in [-0.1, -0.05) is 25.1 Å². The zero-order valence-electron chi connectivity index (χ0n) is 11.9. The average molecular weight is 278 g/mol. The van der Waals surface area contributed by atoms with Crippen LogP contribution in [0.1, 0.15) is 13.3 Å². The van der Waals surface area contributed by atoms with Crippen LogP contribution < -0.4 is 4.90 Å². The molecule has 1 aliphatic rings. The third kappa shape index (κ3) is 3.87. The number of rotatable bonds is 7. The summed E-state index contributed by atoms with van der Waals surface area (Å²) in [5, 5.41) is 9.89. The average Bonchev–Trinajstić information content (AvgIpc) is 2.89. The van der Waals surface area contributed by atoms with E-state index in [0.29, 0.717) is 32.8 Å². The normalized spacial score (nSPS) is 16.1. The number of para-hydroxylation sites is 1. The van der Waals surface area contributed by atoms with Crippen molar-refractivity contribution in [2.45, 2.75) is 19.4 Å². The van der Waals surface area contributed by atoms with Gasteiger partial charge >= 0.3 is 6.09 Å². The third-order valence-electron chi connectivity index (χ3n) is 3.51. The molecule has 2 rings (SSSR count). The SMILES string of the molecule is CC[C@H](O)CN(CCN1CCOC1=O)c1ccccc1. The van der Waals surface area contributed by atoms with Crippen molar-refractivity contribution >= 4 is 11.8 Å². The van der Waals surface area contributed by atoms with Crippen LogP contribution in [0.15, 0.2) is 30.3 Å². The molecule has 1 saturated heterocycles. The first-order valence-electron chi connectivity index (χ1n) is 7.10. The first-order chi connectivity index (χ1) is 9.70. The summed E-state index contributed by atoms with van der Waals surface area (Å²) in [6.07, 6.45) is 0.115. The molecule has 0 spiro atoms. The second-order valence-corrected chi connectivity index (χ2v) is 4.95. The Labute approximate surface area is 119 Å². The summed E-state index contributed by atoms with van der Waals surface area (Å²) in [5.74, 6) is 0. The van der Waals surface area contributed by atoms with Crippen LogP contribution in [0.25, 0.3) is 0 Å². The number of hydrogen-bond donors (Lipinski definition) is 1. The quantitative estimate of drug-likeness (QED) is 0.825. The highest BCUT2D eigenvalue weighted by atomic mass is 16.6. The van der Waals surface area contributed by atoms with Gasteiger partial charge in [-0.05, 0) is 18.6 Å². The number of amides is 1. The Hall–Kier alpha value is -1.75. The first-order valence-corrected chi connectivity index (χ1v) is 7.10. The van der Waals surface area contributed by atoms with E-state index in [1.165, 1.54) is 0 Å². The van der Waals surface area contributed by atoms with Crippen molar-refractivity contribution in [3.8, 4) is 0 Å². The first kappa shape index (κ1) is 14.7. The van der Waals surface area contributed by atoms with Gasteiger partial charge in [-0.2, -0.15) is 0 Å². The van der Waals surface area contributed by atoms with Crippen molar-refractivity contribution in [3.63, 3.8) is 0 Å². The number of ether oxygens (including phenoxy) is 1. The fourth-order valence-electron chi connectivity index (χ4n) is 2.22. The summed E-state index contributed by atoms with van der Waals surface area (Å²) in [4.78, 5) is 15.3. The lowest BCUT2D eigenvalue weighted by atomic mass is 10.2. The molecule has 1 amide bonds. The minimum atomic E-state index is -0.360. The maximum Gasteiger partial charge on any atom is 0.409 e. The zero-order chi connectivity index (χ0) is 14.4. The number of aliphatic hydroxyl groups is 1. The van der Waals surface area contributed by atoms with Crippen LogP contribution in [0.4, 0.5) is 10.5 Å². The Morgan fingerprint density at radius 3 is 2.75 bits per heavy atom. The van der Waals surface area contributed by atoms with Crippen LogP contribution >= 0.6 is 0 Å². The molecule has 0 aliphatic carbocycles. The summed E-state index contributed by atoms with van der Waals surface area (Å²) in [6, 6.07) is 9.96. The van der Waals surface area contributed by atoms with E-state index in [2.05, 4.69) is 4.90 Å². The standard InChI is InChI=1S/C15H22N2O3/c1-2-14(18)12-17(13-6-4-3-5-7-13)9-8-16-10-11-20-15(16)19/h3-7,14,18H,2,8-12H2,1H3/t14-/m0/s1. The number of hydrogen-bond acceptors (Lipinski definition) is 4. The van der Waals surface area contributed by atoms with Gasteiger partial charge in [-0.3, -0.25) is 0 Å². The highest BCUT2D eigenvalue weighted by Crippen LogP contribution is 2.15. The van der Waals surface area contributed by atoms with Crippen LogP contribution in [0.3, 0.4) is 0 Å². The molecule has 0 bridgehead atoms. The maximum atomic E-state index is 11.4. The maximum absolute atomic E-state index is 11.4. The number of cyclic esters (lactones) is 1. The van der Waals surface area contributed by atoms with E-state index in [0.717, 1.165) is 12.1 Å². The molecule has 1 aromatic carbocycles. The summed E-state index contributed by atoms with van der Waals surface area (Å²) in [6.45, 7) is 4.97. The Balaban J connectivity index is 1.97. The molecule has 1 N–H and O–H groups in total. The van der Waals surface area contributed by atoms with E-state index < -0.39 is 0 Å². The molecular weight excluding hydrogens is 256 g/mol. The van der Waals surface area contributed by atoms with Crippen molar-refractivity contribution in [2.24, 2.45) is 0 Å². The molecule has 1 aliphatic heterocycles. The molecular formula is C15H22N2O3. The van der Waals surface area contributed by atoms with E-state index in [-0.39, 0.29) is 12.2 Å². The molecule has 0 aromatic heterocycles. The van der Waals surface area contributed by atoms with Crippen molar-refractivity contribution in [3.05, 3.63) is 30.3 Å². The smallest absolute Gasteiger partial charge is 0.409 e. The number of nitrogens with zero attached hydrogens (tertiary/aromatic N) is 2. The van der Waals surface area contributed by atoms with Crippen LogP contribution in [0.2, 0.25) is 0 Å². The lowest BCUT2D eigenvalue weighted by Crippen LogP contribution is -2.39. The molecule has 1 aromatic rings. The van der Waals surface area contributed by atoms with E-state index in [9.17, 15) is 9.90 Å².